The summed E-state index contributed by atoms with van der Waals surface area (Å²) in [5.41, 5.74) is 0.928. The van der Waals surface area contributed by atoms with Crippen LogP contribution in [0.2, 0.25) is 0 Å². The average Bonchev–Trinajstić information content (AvgIpc) is 2.85. The van der Waals surface area contributed by atoms with E-state index in [1.54, 1.807) is 11.8 Å². The Hall–Kier alpha value is -1.11. The van der Waals surface area contributed by atoms with E-state index >= 15 is 0 Å². The van der Waals surface area contributed by atoms with E-state index in [1.807, 2.05) is 37.3 Å². The van der Waals surface area contributed by atoms with Crippen LogP contribution in [-0.2, 0) is 0 Å². The van der Waals surface area contributed by atoms with E-state index in [9.17, 15) is 5.11 Å². The van der Waals surface area contributed by atoms with Crippen LogP contribution < -0.4 is 5.32 Å². The van der Waals surface area contributed by atoms with Crippen molar-refractivity contribution in [1.82, 2.24) is 10.2 Å². The highest BCUT2D eigenvalue weighted by Gasteiger charge is 2.19. The summed E-state index contributed by atoms with van der Waals surface area (Å²) in [5, 5.41) is 22.6. The van der Waals surface area contributed by atoms with Crippen LogP contribution >= 0.6 is 23.1 Å². The Kier molecular flexibility index (Phi) is 5.39. The normalized spacial score (nSPS) is 14.2. The van der Waals surface area contributed by atoms with E-state index in [-0.39, 0.29) is 5.25 Å². The maximum atomic E-state index is 10.3. The van der Waals surface area contributed by atoms with E-state index in [0.29, 0.717) is 6.04 Å². The number of aliphatic hydroxyl groups excluding tert-OH is 1. The summed E-state index contributed by atoms with van der Waals surface area (Å²) in [5.74, 6) is 0. The highest BCUT2D eigenvalue weighted by Crippen LogP contribution is 2.34. The second-order valence-corrected chi connectivity index (χ2v) is 7.45. The largest absolute Gasteiger partial charge is 0.387 e. The van der Waals surface area contributed by atoms with Crippen LogP contribution in [0.3, 0.4) is 0 Å². The predicted octanol–water partition coefficient (Wildman–Crippen LogP) is 3.57. The number of aliphatic hydroxyl groups is 1. The summed E-state index contributed by atoms with van der Waals surface area (Å²) >= 11 is 3.07. The number of nitrogens with zero attached hydrogens (tertiary/aromatic N) is 2. The first-order valence-electron chi connectivity index (χ1n) is 6.56. The third-order valence-corrected chi connectivity index (χ3v) is 4.79. The number of nitrogens with one attached hydrogen (secondary N) is 1. The summed E-state index contributed by atoms with van der Waals surface area (Å²) in [4.78, 5) is 0. The Morgan fingerprint density at radius 1 is 1.15 bits per heavy atom. The van der Waals surface area contributed by atoms with Gasteiger partial charge in [0.2, 0.25) is 5.13 Å². The molecule has 0 aliphatic heterocycles. The van der Waals surface area contributed by atoms with Gasteiger partial charge in [0, 0.05) is 11.3 Å². The summed E-state index contributed by atoms with van der Waals surface area (Å²) in [6.07, 6.45) is -0.508. The third kappa shape index (κ3) is 4.19. The molecular weight excluding hydrogens is 290 g/mol. The van der Waals surface area contributed by atoms with Gasteiger partial charge in [0.15, 0.2) is 4.34 Å². The van der Waals surface area contributed by atoms with E-state index in [0.717, 1.165) is 15.0 Å². The van der Waals surface area contributed by atoms with Crippen molar-refractivity contribution in [2.45, 2.75) is 42.5 Å². The molecule has 0 amide bonds. The van der Waals surface area contributed by atoms with Gasteiger partial charge in [0.1, 0.15) is 0 Å². The van der Waals surface area contributed by atoms with E-state index < -0.39 is 6.10 Å². The van der Waals surface area contributed by atoms with Gasteiger partial charge < -0.3 is 10.4 Å². The number of aromatic nitrogens is 2. The molecule has 6 heteroatoms. The lowest BCUT2D eigenvalue weighted by Crippen LogP contribution is -2.10. The summed E-state index contributed by atoms with van der Waals surface area (Å²) in [6.45, 7) is 6.13. The van der Waals surface area contributed by atoms with Gasteiger partial charge >= 0.3 is 0 Å². The van der Waals surface area contributed by atoms with Gasteiger partial charge in [0.05, 0.1) is 6.10 Å². The molecule has 2 rings (SSSR count). The lowest BCUT2D eigenvalue weighted by atomic mass is 10.1. The Bertz CT molecular complexity index is 530. The Balaban J connectivity index is 1.97. The van der Waals surface area contributed by atoms with Crippen molar-refractivity contribution in [1.29, 1.82) is 0 Å². The van der Waals surface area contributed by atoms with Crippen LogP contribution in [0.5, 0.6) is 0 Å². The van der Waals surface area contributed by atoms with Crippen molar-refractivity contribution in [2.75, 3.05) is 5.32 Å². The number of hydrogen-bond donors (Lipinski definition) is 2. The van der Waals surface area contributed by atoms with Crippen LogP contribution in [0.15, 0.2) is 34.7 Å². The molecule has 1 aromatic heterocycles. The molecule has 0 saturated heterocycles. The van der Waals surface area contributed by atoms with Gasteiger partial charge in [-0.3, -0.25) is 0 Å². The fourth-order valence-electron chi connectivity index (χ4n) is 1.71. The number of anilines is 1. The van der Waals surface area contributed by atoms with E-state index in [2.05, 4.69) is 29.4 Å². The second kappa shape index (κ2) is 7.06. The van der Waals surface area contributed by atoms with Crippen LogP contribution in [0.4, 0.5) is 5.13 Å². The molecule has 0 aliphatic rings. The molecule has 2 unspecified atom stereocenters. The monoisotopic (exact) mass is 309 g/mol. The van der Waals surface area contributed by atoms with E-state index in [1.165, 1.54) is 11.3 Å². The molecule has 1 heterocycles. The third-order valence-electron chi connectivity index (χ3n) is 2.69. The summed E-state index contributed by atoms with van der Waals surface area (Å²) in [6, 6.07) is 10.0. The smallest absolute Gasteiger partial charge is 0.206 e. The topological polar surface area (TPSA) is 58.0 Å². The van der Waals surface area contributed by atoms with Gasteiger partial charge in [-0.25, -0.2) is 0 Å². The Morgan fingerprint density at radius 2 is 1.85 bits per heavy atom. The number of thioether (sulfide) groups is 1. The van der Waals surface area contributed by atoms with Crippen LogP contribution in [0, 0.1) is 0 Å². The molecule has 2 N–H and O–H groups in total. The van der Waals surface area contributed by atoms with Gasteiger partial charge in [-0.05, 0) is 19.4 Å². The maximum Gasteiger partial charge on any atom is 0.206 e. The zero-order valence-electron chi connectivity index (χ0n) is 11.8. The maximum absolute atomic E-state index is 10.3. The molecule has 0 saturated carbocycles. The van der Waals surface area contributed by atoms with Crippen LogP contribution in [-0.4, -0.2) is 26.6 Å². The molecule has 0 aliphatic carbocycles. The van der Waals surface area contributed by atoms with Crippen molar-refractivity contribution >= 4 is 28.2 Å². The summed E-state index contributed by atoms with van der Waals surface area (Å²) in [7, 11) is 0. The predicted molar refractivity (Wildman–Crippen MR) is 85.4 cm³/mol. The summed E-state index contributed by atoms with van der Waals surface area (Å²) < 4.78 is 0.871. The van der Waals surface area contributed by atoms with Crippen molar-refractivity contribution in [3.8, 4) is 0 Å². The first-order chi connectivity index (χ1) is 9.56. The van der Waals surface area contributed by atoms with Crippen LogP contribution in [0.25, 0.3) is 0 Å². The molecule has 108 valence electrons. The molecule has 0 bridgehead atoms. The zero-order chi connectivity index (χ0) is 14.5. The van der Waals surface area contributed by atoms with Gasteiger partial charge in [-0.2, -0.15) is 0 Å². The Labute approximate surface area is 127 Å². The highest BCUT2D eigenvalue weighted by molar-refractivity contribution is 8.01. The zero-order valence-corrected chi connectivity index (χ0v) is 13.4. The molecule has 4 nitrogen and oxygen atoms in total. The van der Waals surface area contributed by atoms with Crippen molar-refractivity contribution < 1.29 is 5.11 Å². The average molecular weight is 309 g/mol. The fourth-order valence-corrected chi connectivity index (χ4v) is 3.91. The molecule has 0 radical (unpaired) electrons. The molecule has 0 fully saturated rings. The molecule has 2 atom stereocenters. The minimum absolute atomic E-state index is 0.0252. The van der Waals surface area contributed by atoms with Crippen molar-refractivity contribution in [3.63, 3.8) is 0 Å². The van der Waals surface area contributed by atoms with Gasteiger partial charge in [-0.15, -0.1) is 10.2 Å². The highest BCUT2D eigenvalue weighted by atomic mass is 32.2. The second-order valence-electron chi connectivity index (χ2n) is 4.85. The lowest BCUT2D eigenvalue weighted by molar-refractivity contribution is 0.179. The number of rotatable bonds is 6. The molecule has 1 aromatic carbocycles. The lowest BCUT2D eigenvalue weighted by Gasteiger charge is -2.17. The van der Waals surface area contributed by atoms with Crippen molar-refractivity contribution in [2.24, 2.45) is 0 Å². The first kappa shape index (κ1) is 15.3. The van der Waals surface area contributed by atoms with Crippen molar-refractivity contribution in [3.05, 3.63) is 35.9 Å². The molecule has 0 spiro atoms. The standard InChI is InChI=1S/C14H19N3OS2/c1-9(2)15-13-16-17-14(20-13)19-10(3)12(18)11-7-5-4-6-8-11/h4-10,12,18H,1-3H3,(H,15,16). The van der Waals surface area contributed by atoms with E-state index in [4.69, 9.17) is 0 Å². The number of hydrogen-bond acceptors (Lipinski definition) is 6. The number of benzene rings is 1. The Morgan fingerprint density at radius 3 is 2.50 bits per heavy atom. The molecule has 20 heavy (non-hydrogen) atoms. The minimum Gasteiger partial charge on any atom is -0.387 e. The van der Waals surface area contributed by atoms with Gasteiger partial charge in [0.25, 0.3) is 0 Å². The first-order valence-corrected chi connectivity index (χ1v) is 8.25. The molecule has 2 aromatic rings. The van der Waals surface area contributed by atoms with Gasteiger partial charge in [-0.1, -0.05) is 60.4 Å². The SMILES string of the molecule is CC(C)Nc1nnc(SC(C)C(O)c2ccccc2)s1. The fraction of sp³-hybridized carbons (Fsp3) is 0.429. The van der Waals surface area contributed by atoms with Crippen LogP contribution in [0.1, 0.15) is 32.4 Å². The minimum atomic E-state index is -0.508. The quantitative estimate of drug-likeness (QED) is 0.799. The molecular formula is C14H19N3OS2.